The Labute approximate surface area is 153 Å². The van der Waals surface area contributed by atoms with E-state index in [-0.39, 0.29) is 17.1 Å². The fraction of sp³-hybridized carbons (Fsp3) is 0.294. The first-order valence-corrected chi connectivity index (χ1v) is 8.21. The Morgan fingerprint density at radius 1 is 0.963 bits per heavy atom. The summed E-state index contributed by atoms with van der Waals surface area (Å²) in [7, 11) is 0. The van der Waals surface area contributed by atoms with Gasteiger partial charge >= 0.3 is 5.69 Å². The van der Waals surface area contributed by atoms with Gasteiger partial charge in [0.2, 0.25) is 0 Å². The van der Waals surface area contributed by atoms with Gasteiger partial charge < -0.3 is 24.9 Å². The second-order valence-corrected chi connectivity index (χ2v) is 5.47. The summed E-state index contributed by atoms with van der Waals surface area (Å²) in [6.07, 6.45) is 6.28. The van der Waals surface area contributed by atoms with Gasteiger partial charge in [-0.3, -0.25) is 9.78 Å². The number of aromatic amines is 2. The smallest absolute Gasteiger partial charge is 0.325 e. The molecule has 0 amide bonds. The average molecular weight is 376 g/mol. The van der Waals surface area contributed by atoms with Crippen molar-refractivity contribution in [1.82, 2.24) is 9.97 Å². The molecule has 0 aliphatic carbocycles. The standard InChI is InChI=1S/C17H20N4O6/c22-14-5-4-12(8-15(14)23)9-19-26-6-2-1-3-7-27-20-11-13-10-18-17(25)21-16(13)24/h4-5,8-11,22-23H,1-3,6-7H2,(H2,18,21,24,25)/b19-9+,20-11+. The lowest BCUT2D eigenvalue weighted by Crippen LogP contribution is -2.24. The zero-order chi connectivity index (χ0) is 19.5. The lowest BCUT2D eigenvalue weighted by atomic mass is 10.2. The molecule has 1 aromatic carbocycles. The van der Waals surface area contributed by atoms with Gasteiger partial charge in [0.1, 0.15) is 13.2 Å². The molecule has 144 valence electrons. The van der Waals surface area contributed by atoms with Gasteiger partial charge in [0.15, 0.2) is 11.5 Å². The first-order chi connectivity index (χ1) is 13.1. The summed E-state index contributed by atoms with van der Waals surface area (Å²) in [6.45, 7) is 0.810. The van der Waals surface area contributed by atoms with Crippen LogP contribution in [0.25, 0.3) is 0 Å². The quantitative estimate of drug-likeness (QED) is 0.211. The van der Waals surface area contributed by atoms with Crippen molar-refractivity contribution >= 4 is 12.4 Å². The van der Waals surface area contributed by atoms with Gasteiger partial charge in [-0.1, -0.05) is 10.3 Å². The number of oxime groups is 2. The van der Waals surface area contributed by atoms with Crippen LogP contribution in [0.2, 0.25) is 0 Å². The van der Waals surface area contributed by atoms with Crippen molar-refractivity contribution in [3.8, 4) is 11.5 Å². The summed E-state index contributed by atoms with van der Waals surface area (Å²) in [6, 6.07) is 4.34. The minimum atomic E-state index is -0.578. The Morgan fingerprint density at radius 2 is 1.67 bits per heavy atom. The van der Waals surface area contributed by atoms with Crippen LogP contribution in [0.3, 0.4) is 0 Å². The van der Waals surface area contributed by atoms with E-state index in [1.54, 1.807) is 6.07 Å². The van der Waals surface area contributed by atoms with Gasteiger partial charge in [0, 0.05) is 6.20 Å². The number of hydrogen-bond donors (Lipinski definition) is 4. The number of rotatable bonds is 10. The van der Waals surface area contributed by atoms with Crippen LogP contribution in [0.1, 0.15) is 30.4 Å². The maximum atomic E-state index is 11.4. The first-order valence-electron chi connectivity index (χ1n) is 8.21. The van der Waals surface area contributed by atoms with Crippen LogP contribution in [-0.2, 0) is 9.68 Å². The average Bonchev–Trinajstić information content (AvgIpc) is 2.64. The molecule has 0 saturated heterocycles. The fourth-order valence-electron chi connectivity index (χ4n) is 1.94. The molecular weight excluding hydrogens is 356 g/mol. The van der Waals surface area contributed by atoms with Crippen LogP contribution in [0.15, 0.2) is 44.3 Å². The Balaban J connectivity index is 1.54. The largest absolute Gasteiger partial charge is 0.504 e. The Bertz CT molecular complexity index is 903. The van der Waals surface area contributed by atoms with Gasteiger partial charge in [-0.2, -0.15) is 0 Å². The Kier molecular flexibility index (Phi) is 7.64. The Hall–Kier alpha value is -3.56. The van der Waals surface area contributed by atoms with Crippen molar-refractivity contribution in [2.45, 2.75) is 19.3 Å². The molecule has 27 heavy (non-hydrogen) atoms. The molecule has 0 atom stereocenters. The lowest BCUT2D eigenvalue weighted by molar-refractivity contribution is 0.125. The molecule has 1 aromatic heterocycles. The van der Waals surface area contributed by atoms with E-state index in [4.69, 9.17) is 9.68 Å². The molecule has 10 heteroatoms. The van der Waals surface area contributed by atoms with Crippen LogP contribution < -0.4 is 11.2 Å². The number of hydrogen-bond acceptors (Lipinski definition) is 8. The maximum absolute atomic E-state index is 11.4. The molecule has 0 fully saturated rings. The van der Waals surface area contributed by atoms with Crippen LogP contribution in [-0.4, -0.2) is 45.8 Å². The predicted octanol–water partition coefficient (Wildman–Crippen LogP) is 1.05. The number of aromatic nitrogens is 2. The lowest BCUT2D eigenvalue weighted by Gasteiger charge is -2.01. The van der Waals surface area contributed by atoms with Crippen LogP contribution in [0.4, 0.5) is 0 Å². The topological polar surface area (TPSA) is 149 Å². The van der Waals surface area contributed by atoms with Crippen LogP contribution >= 0.6 is 0 Å². The molecule has 0 spiro atoms. The van der Waals surface area contributed by atoms with E-state index < -0.39 is 11.2 Å². The van der Waals surface area contributed by atoms with Gasteiger partial charge in [-0.05, 0) is 43.0 Å². The number of phenols is 2. The van der Waals surface area contributed by atoms with Crippen molar-refractivity contribution in [2.24, 2.45) is 10.3 Å². The molecule has 0 unspecified atom stereocenters. The zero-order valence-electron chi connectivity index (χ0n) is 14.4. The number of benzene rings is 1. The summed E-state index contributed by atoms with van der Waals surface area (Å²) < 4.78 is 0. The minimum Gasteiger partial charge on any atom is -0.504 e. The molecule has 0 bridgehead atoms. The van der Waals surface area contributed by atoms with Gasteiger partial charge in [0.05, 0.1) is 18.0 Å². The molecule has 1 heterocycles. The van der Waals surface area contributed by atoms with E-state index in [0.29, 0.717) is 18.8 Å². The predicted molar refractivity (Wildman–Crippen MR) is 98.4 cm³/mol. The third-order valence-electron chi connectivity index (χ3n) is 3.36. The molecular formula is C17H20N4O6. The third-order valence-corrected chi connectivity index (χ3v) is 3.36. The second-order valence-electron chi connectivity index (χ2n) is 5.47. The normalized spacial score (nSPS) is 11.3. The molecule has 0 saturated carbocycles. The van der Waals surface area contributed by atoms with E-state index >= 15 is 0 Å². The van der Waals surface area contributed by atoms with Gasteiger partial charge in [-0.15, -0.1) is 0 Å². The van der Waals surface area contributed by atoms with Gasteiger partial charge in [0.25, 0.3) is 5.56 Å². The van der Waals surface area contributed by atoms with E-state index in [1.807, 2.05) is 0 Å². The minimum absolute atomic E-state index is 0.190. The monoisotopic (exact) mass is 376 g/mol. The van der Waals surface area contributed by atoms with Gasteiger partial charge in [-0.25, -0.2) is 4.79 Å². The number of unbranched alkanes of at least 4 members (excludes halogenated alkanes) is 2. The molecule has 2 aromatic rings. The highest BCUT2D eigenvalue weighted by Crippen LogP contribution is 2.23. The highest BCUT2D eigenvalue weighted by atomic mass is 16.6. The summed E-state index contributed by atoms with van der Waals surface area (Å²) >= 11 is 0. The number of nitrogens with one attached hydrogen (secondary N) is 2. The van der Waals surface area contributed by atoms with E-state index in [1.165, 1.54) is 30.8 Å². The Morgan fingerprint density at radius 3 is 2.33 bits per heavy atom. The fourth-order valence-corrected chi connectivity index (χ4v) is 1.94. The third kappa shape index (κ3) is 7.06. The summed E-state index contributed by atoms with van der Waals surface area (Å²) in [4.78, 5) is 36.8. The summed E-state index contributed by atoms with van der Waals surface area (Å²) in [5, 5.41) is 26.0. The summed E-state index contributed by atoms with van der Waals surface area (Å²) in [5.41, 5.74) is -0.308. The van der Waals surface area contributed by atoms with E-state index in [0.717, 1.165) is 19.3 Å². The highest BCUT2D eigenvalue weighted by Gasteiger charge is 1.98. The van der Waals surface area contributed by atoms with E-state index in [9.17, 15) is 19.8 Å². The number of phenolic OH excluding ortho intramolecular Hbond substituents is 2. The van der Waals surface area contributed by atoms with Crippen molar-refractivity contribution in [2.75, 3.05) is 13.2 Å². The SMILES string of the molecule is O=c1[nH]cc(/C=N/OCCCCCO/N=C/c2ccc(O)c(O)c2)c(=O)[nH]1. The van der Waals surface area contributed by atoms with Crippen LogP contribution in [0.5, 0.6) is 11.5 Å². The van der Waals surface area contributed by atoms with E-state index in [2.05, 4.69) is 20.3 Å². The number of aromatic hydroxyl groups is 2. The molecule has 4 N–H and O–H groups in total. The number of nitrogens with zero attached hydrogens (tertiary/aromatic N) is 2. The van der Waals surface area contributed by atoms with Crippen LogP contribution in [0, 0.1) is 0 Å². The summed E-state index contributed by atoms with van der Waals surface area (Å²) in [5.74, 6) is -0.406. The number of H-pyrrole nitrogens is 2. The highest BCUT2D eigenvalue weighted by molar-refractivity contribution is 5.80. The van der Waals surface area contributed by atoms with Crippen molar-refractivity contribution in [3.63, 3.8) is 0 Å². The second kappa shape index (κ2) is 10.4. The first kappa shape index (κ1) is 19.8. The maximum Gasteiger partial charge on any atom is 0.325 e. The molecule has 2 rings (SSSR count). The van der Waals surface area contributed by atoms with Crippen molar-refractivity contribution in [1.29, 1.82) is 0 Å². The molecule has 0 aliphatic rings. The van der Waals surface area contributed by atoms with Crippen molar-refractivity contribution < 1.29 is 19.9 Å². The van der Waals surface area contributed by atoms with Crippen molar-refractivity contribution in [3.05, 3.63) is 56.4 Å². The molecule has 0 radical (unpaired) electrons. The molecule has 10 nitrogen and oxygen atoms in total. The zero-order valence-corrected chi connectivity index (χ0v) is 14.4. The molecule has 0 aliphatic heterocycles.